The topological polar surface area (TPSA) is 121 Å². The zero-order chi connectivity index (χ0) is 15.0. The van der Waals surface area contributed by atoms with Crippen molar-refractivity contribution in [3.05, 3.63) is 30.6 Å². The maximum atomic E-state index is 11.7. The number of aromatic nitrogens is 2. The average molecular weight is 280 g/mol. The molecule has 0 spiro atoms. The fraction of sp³-hybridized carbons (Fsp3) is 0.462. The first-order valence-corrected chi connectivity index (χ1v) is 6.41. The van der Waals surface area contributed by atoms with E-state index in [0.717, 1.165) is 5.69 Å². The Morgan fingerprint density at radius 2 is 2.15 bits per heavy atom. The number of carbonyl (C=O) groups excluding carboxylic acids is 2. The number of rotatable bonds is 9. The minimum absolute atomic E-state index is 0.111. The number of H-pyrrole nitrogens is 1. The molecule has 0 fully saturated rings. The standard InChI is InChI=1S/C13H20N4O3/c1-9(18)4-2-3-5-12(19)17-11(13(14)20)6-10-7-15-8-16-10/h7-8,11,18H,1-6H2,(H2,14,20)(H,15,16)(H,17,19). The number of allylic oxidation sites excluding steroid dienone is 1. The van der Waals surface area contributed by atoms with Crippen LogP contribution in [0.1, 0.15) is 31.4 Å². The second-order valence-corrected chi connectivity index (χ2v) is 4.58. The molecule has 1 aromatic rings. The third-order valence-corrected chi connectivity index (χ3v) is 2.78. The van der Waals surface area contributed by atoms with Gasteiger partial charge in [-0.1, -0.05) is 6.58 Å². The van der Waals surface area contributed by atoms with E-state index in [9.17, 15) is 9.59 Å². The van der Waals surface area contributed by atoms with E-state index in [1.54, 1.807) is 6.20 Å². The molecule has 0 bridgehead atoms. The number of aliphatic hydroxyl groups excluding tert-OH is 1. The predicted octanol–water partition coefficient (Wildman–Crippen LogP) is 0.554. The summed E-state index contributed by atoms with van der Waals surface area (Å²) in [5, 5.41) is 11.5. The number of hydrogen-bond donors (Lipinski definition) is 4. The molecular weight excluding hydrogens is 260 g/mol. The zero-order valence-corrected chi connectivity index (χ0v) is 11.3. The Morgan fingerprint density at radius 1 is 1.45 bits per heavy atom. The minimum atomic E-state index is -0.754. The number of nitrogens with one attached hydrogen (secondary N) is 2. The number of hydrogen-bond acceptors (Lipinski definition) is 4. The average Bonchev–Trinajstić information content (AvgIpc) is 2.86. The first kappa shape index (κ1) is 15.7. The largest absolute Gasteiger partial charge is 0.513 e. The number of carbonyl (C=O) groups is 2. The Labute approximate surface area is 117 Å². The molecule has 0 radical (unpaired) electrons. The summed E-state index contributed by atoms with van der Waals surface area (Å²) in [5.74, 6) is -0.715. The summed E-state index contributed by atoms with van der Waals surface area (Å²) in [7, 11) is 0. The summed E-state index contributed by atoms with van der Waals surface area (Å²) in [6, 6.07) is -0.754. The highest BCUT2D eigenvalue weighted by Gasteiger charge is 2.18. The lowest BCUT2D eigenvalue weighted by Crippen LogP contribution is -2.45. The Balaban J connectivity index is 2.35. The number of imidazole rings is 1. The van der Waals surface area contributed by atoms with Gasteiger partial charge in [0.15, 0.2) is 0 Å². The fourth-order valence-corrected chi connectivity index (χ4v) is 1.72. The van der Waals surface area contributed by atoms with Gasteiger partial charge in [-0.05, 0) is 12.8 Å². The van der Waals surface area contributed by atoms with E-state index >= 15 is 0 Å². The maximum absolute atomic E-state index is 11.7. The van der Waals surface area contributed by atoms with Gasteiger partial charge in [0.25, 0.3) is 0 Å². The highest BCUT2D eigenvalue weighted by molar-refractivity contribution is 5.86. The lowest BCUT2D eigenvalue weighted by atomic mass is 10.1. The fourth-order valence-electron chi connectivity index (χ4n) is 1.72. The van der Waals surface area contributed by atoms with Gasteiger partial charge in [-0.25, -0.2) is 4.98 Å². The van der Waals surface area contributed by atoms with Crippen molar-refractivity contribution in [1.82, 2.24) is 15.3 Å². The Hall–Kier alpha value is -2.31. The third kappa shape index (κ3) is 6.03. The van der Waals surface area contributed by atoms with E-state index in [4.69, 9.17) is 10.8 Å². The van der Waals surface area contributed by atoms with Crippen molar-refractivity contribution in [2.75, 3.05) is 0 Å². The summed E-state index contributed by atoms with van der Waals surface area (Å²) in [6.45, 7) is 3.37. The second-order valence-electron chi connectivity index (χ2n) is 4.58. The molecule has 110 valence electrons. The molecule has 0 saturated heterocycles. The van der Waals surface area contributed by atoms with Gasteiger partial charge in [-0.15, -0.1) is 0 Å². The number of aliphatic hydroxyl groups is 1. The van der Waals surface area contributed by atoms with E-state index in [1.165, 1.54) is 6.33 Å². The summed E-state index contributed by atoms with van der Waals surface area (Å²) in [5.41, 5.74) is 5.99. The molecule has 0 aliphatic rings. The van der Waals surface area contributed by atoms with Crippen molar-refractivity contribution in [2.45, 2.75) is 38.1 Å². The number of aromatic amines is 1. The van der Waals surface area contributed by atoms with Crippen molar-refractivity contribution < 1.29 is 14.7 Å². The van der Waals surface area contributed by atoms with Crippen LogP contribution in [-0.2, 0) is 16.0 Å². The Bertz CT molecular complexity index is 456. The quantitative estimate of drug-likeness (QED) is 0.390. The molecule has 20 heavy (non-hydrogen) atoms. The van der Waals surface area contributed by atoms with Gasteiger partial charge in [-0.2, -0.15) is 0 Å². The molecule has 1 atom stereocenters. The SMILES string of the molecule is C=C(O)CCCCC(=O)NC(Cc1cnc[nH]1)C(N)=O. The Kier molecular flexibility index (Phi) is 6.28. The molecular formula is C13H20N4O3. The van der Waals surface area contributed by atoms with Crippen molar-refractivity contribution in [2.24, 2.45) is 5.73 Å². The molecule has 0 saturated carbocycles. The van der Waals surface area contributed by atoms with Crippen LogP contribution in [0.4, 0.5) is 0 Å². The van der Waals surface area contributed by atoms with Crippen LogP contribution in [0.15, 0.2) is 24.9 Å². The van der Waals surface area contributed by atoms with E-state index in [0.29, 0.717) is 19.3 Å². The molecule has 1 aromatic heterocycles. The highest BCUT2D eigenvalue weighted by Crippen LogP contribution is 2.05. The molecule has 1 unspecified atom stereocenters. The molecule has 5 N–H and O–H groups in total. The normalized spacial score (nSPS) is 11.8. The smallest absolute Gasteiger partial charge is 0.240 e. The molecule has 7 heteroatoms. The number of nitrogens with zero attached hydrogens (tertiary/aromatic N) is 1. The molecule has 1 rings (SSSR count). The first-order valence-electron chi connectivity index (χ1n) is 6.41. The van der Waals surface area contributed by atoms with Crippen LogP contribution in [0.5, 0.6) is 0 Å². The van der Waals surface area contributed by atoms with Gasteiger partial charge in [0.2, 0.25) is 11.8 Å². The van der Waals surface area contributed by atoms with E-state index in [1.807, 2.05) is 0 Å². The minimum Gasteiger partial charge on any atom is -0.513 e. The van der Waals surface area contributed by atoms with Crippen molar-refractivity contribution in [3.63, 3.8) is 0 Å². The second kappa shape index (κ2) is 7.98. The summed E-state index contributed by atoms with van der Waals surface area (Å²) >= 11 is 0. The van der Waals surface area contributed by atoms with Crippen molar-refractivity contribution in [3.8, 4) is 0 Å². The van der Waals surface area contributed by atoms with Gasteiger partial charge >= 0.3 is 0 Å². The number of amides is 2. The third-order valence-electron chi connectivity index (χ3n) is 2.78. The Morgan fingerprint density at radius 3 is 2.70 bits per heavy atom. The van der Waals surface area contributed by atoms with Crippen molar-refractivity contribution in [1.29, 1.82) is 0 Å². The molecule has 0 aliphatic heterocycles. The van der Waals surface area contributed by atoms with Crippen LogP contribution in [0, 0.1) is 0 Å². The van der Waals surface area contributed by atoms with Crippen LogP contribution >= 0.6 is 0 Å². The van der Waals surface area contributed by atoms with Crippen LogP contribution in [0.25, 0.3) is 0 Å². The molecule has 7 nitrogen and oxygen atoms in total. The zero-order valence-electron chi connectivity index (χ0n) is 11.3. The van der Waals surface area contributed by atoms with E-state index in [-0.39, 0.29) is 24.5 Å². The van der Waals surface area contributed by atoms with E-state index < -0.39 is 11.9 Å². The van der Waals surface area contributed by atoms with Gasteiger partial charge in [0, 0.05) is 31.2 Å². The maximum Gasteiger partial charge on any atom is 0.240 e. The number of nitrogens with two attached hydrogens (primary N) is 1. The van der Waals surface area contributed by atoms with Gasteiger partial charge in [-0.3, -0.25) is 9.59 Å². The van der Waals surface area contributed by atoms with Crippen LogP contribution < -0.4 is 11.1 Å². The molecule has 2 amide bonds. The molecule has 1 heterocycles. The lowest BCUT2D eigenvalue weighted by molar-refractivity contribution is -0.127. The summed E-state index contributed by atoms with van der Waals surface area (Å²) in [6.07, 6.45) is 5.40. The molecule has 0 aliphatic carbocycles. The number of primary amides is 1. The lowest BCUT2D eigenvalue weighted by Gasteiger charge is -2.14. The van der Waals surface area contributed by atoms with Gasteiger partial charge in [0.1, 0.15) is 6.04 Å². The van der Waals surface area contributed by atoms with Crippen molar-refractivity contribution >= 4 is 11.8 Å². The van der Waals surface area contributed by atoms with Gasteiger partial charge < -0.3 is 21.1 Å². The highest BCUT2D eigenvalue weighted by atomic mass is 16.3. The number of unbranched alkanes of at least 4 members (excludes halogenated alkanes) is 1. The monoisotopic (exact) mass is 280 g/mol. The van der Waals surface area contributed by atoms with Gasteiger partial charge in [0.05, 0.1) is 12.1 Å². The first-order chi connectivity index (χ1) is 9.49. The summed E-state index contributed by atoms with van der Waals surface area (Å²) in [4.78, 5) is 29.7. The van der Waals surface area contributed by atoms with E-state index in [2.05, 4.69) is 21.9 Å². The predicted molar refractivity (Wildman–Crippen MR) is 73.7 cm³/mol. The summed E-state index contributed by atoms with van der Waals surface area (Å²) < 4.78 is 0. The van der Waals surface area contributed by atoms with Crippen LogP contribution in [0.3, 0.4) is 0 Å². The molecule has 0 aromatic carbocycles. The van der Waals surface area contributed by atoms with Crippen LogP contribution in [0.2, 0.25) is 0 Å². The van der Waals surface area contributed by atoms with Crippen LogP contribution in [-0.4, -0.2) is 32.9 Å².